The van der Waals surface area contributed by atoms with Crippen molar-refractivity contribution >= 4 is 59.4 Å². The van der Waals surface area contributed by atoms with E-state index < -0.39 is 28.5 Å². The van der Waals surface area contributed by atoms with E-state index in [4.69, 9.17) is 0 Å². The number of halogens is 2. The number of sulfonamides is 1. The predicted molar refractivity (Wildman–Crippen MR) is 193 cm³/mol. The highest BCUT2D eigenvalue weighted by Gasteiger charge is 2.35. The molecule has 1 atom stereocenters. The van der Waals surface area contributed by atoms with Gasteiger partial charge in [-0.3, -0.25) is 13.9 Å². The molecule has 0 aromatic heterocycles. The van der Waals surface area contributed by atoms with Crippen LogP contribution >= 0.6 is 31.9 Å². The smallest absolute Gasteiger partial charge is 0.264 e. The minimum Gasteiger partial charge on any atom is -0.352 e. The van der Waals surface area contributed by atoms with Crippen molar-refractivity contribution in [3.63, 3.8) is 0 Å². The molecule has 1 saturated carbocycles. The lowest BCUT2D eigenvalue weighted by Gasteiger charge is -2.35. The molecule has 1 N–H and O–H groups in total. The Hall–Kier alpha value is -3.47. The van der Waals surface area contributed by atoms with Crippen molar-refractivity contribution < 1.29 is 18.0 Å². The van der Waals surface area contributed by atoms with Gasteiger partial charge in [0.1, 0.15) is 12.6 Å². The largest absolute Gasteiger partial charge is 0.352 e. The van der Waals surface area contributed by atoms with Gasteiger partial charge in [0.05, 0.1) is 10.6 Å². The van der Waals surface area contributed by atoms with E-state index in [1.165, 1.54) is 0 Å². The molecule has 1 fully saturated rings. The van der Waals surface area contributed by atoms with E-state index in [1.807, 2.05) is 61.5 Å². The lowest BCUT2D eigenvalue weighted by molar-refractivity contribution is -0.140. The number of hydrogen-bond acceptors (Lipinski definition) is 4. The number of rotatable bonds is 12. The topological polar surface area (TPSA) is 86.8 Å². The van der Waals surface area contributed by atoms with Crippen molar-refractivity contribution in [1.29, 1.82) is 0 Å². The second-order valence-electron chi connectivity index (χ2n) is 12.0. The molecule has 0 bridgehead atoms. The first-order valence-electron chi connectivity index (χ1n) is 15.8. The Bertz CT molecular complexity index is 1760. The average molecular weight is 782 g/mol. The summed E-state index contributed by atoms with van der Waals surface area (Å²) >= 11 is 6.96. The van der Waals surface area contributed by atoms with Crippen LogP contribution in [0.15, 0.2) is 117 Å². The molecule has 5 rings (SSSR count). The maximum Gasteiger partial charge on any atom is 0.264 e. The van der Waals surface area contributed by atoms with Crippen LogP contribution in [0.5, 0.6) is 0 Å². The van der Waals surface area contributed by atoms with Gasteiger partial charge < -0.3 is 10.2 Å². The predicted octanol–water partition coefficient (Wildman–Crippen LogP) is 7.80. The highest BCUT2D eigenvalue weighted by Crippen LogP contribution is 2.27. The standard InChI is InChI=1S/C37H39Br2N3O4S/c1-27-15-21-34(22-16-27)47(45,46)42(33-19-17-30(38)18-20-33)26-36(43)41(25-29-11-8-12-31(39)23-29)35(24-28-9-4-2-5-10-28)37(44)40-32-13-6-3-7-14-32/h2,4-5,8-12,15-23,32,35H,3,6-7,13-14,24-26H2,1H3,(H,40,44)/t35-/m0/s1. The number of nitrogens with one attached hydrogen (secondary N) is 1. The van der Waals surface area contributed by atoms with Gasteiger partial charge in [0, 0.05) is 28.0 Å². The summed E-state index contributed by atoms with van der Waals surface area (Å²) in [4.78, 5) is 30.5. The van der Waals surface area contributed by atoms with Crippen LogP contribution in [0.2, 0.25) is 0 Å². The molecule has 7 nitrogen and oxygen atoms in total. The fraction of sp³-hybridized carbons (Fsp3) is 0.297. The van der Waals surface area contributed by atoms with E-state index in [2.05, 4.69) is 37.2 Å². The number of nitrogens with zero attached hydrogens (tertiary/aromatic N) is 2. The molecule has 0 unspecified atom stereocenters. The van der Waals surface area contributed by atoms with Crippen LogP contribution in [0.4, 0.5) is 5.69 Å². The zero-order chi connectivity index (χ0) is 33.4. The number of aryl methyl sites for hydroxylation is 1. The normalized spacial score (nSPS) is 14.3. The molecular weight excluding hydrogens is 742 g/mol. The van der Waals surface area contributed by atoms with Gasteiger partial charge in [0.25, 0.3) is 10.0 Å². The molecule has 0 saturated heterocycles. The van der Waals surface area contributed by atoms with Crippen LogP contribution in [0.3, 0.4) is 0 Å². The van der Waals surface area contributed by atoms with Gasteiger partial charge in [-0.15, -0.1) is 0 Å². The van der Waals surface area contributed by atoms with Crippen LogP contribution in [0.1, 0.15) is 48.8 Å². The first-order chi connectivity index (χ1) is 22.6. The lowest BCUT2D eigenvalue weighted by Crippen LogP contribution is -2.55. The third kappa shape index (κ3) is 9.33. The molecule has 0 radical (unpaired) electrons. The van der Waals surface area contributed by atoms with E-state index in [9.17, 15) is 18.0 Å². The maximum atomic E-state index is 14.7. The Morgan fingerprint density at radius 1 is 0.809 bits per heavy atom. The second kappa shape index (κ2) is 16.1. The number of hydrogen-bond donors (Lipinski definition) is 1. The van der Waals surface area contributed by atoms with E-state index in [0.717, 1.165) is 62.0 Å². The van der Waals surface area contributed by atoms with Crippen molar-refractivity contribution in [2.45, 2.75) is 69.0 Å². The summed E-state index contributed by atoms with van der Waals surface area (Å²) in [6.07, 6.45) is 5.32. The molecule has 0 heterocycles. The summed E-state index contributed by atoms with van der Waals surface area (Å²) < 4.78 is 31.2. The summed E-state index contributed by atoms with van der Waals surface area (Å²) in [5.41, 5.74) is 2.98. The fourth-order valence-electron chi connectivity index (χ4n) is 5.90. The Morgan fingerprint density at radius 3 is 2.13 bits per heavy atom. The van der Waals surface area contributed by atoms with Gasteiger partial charge in [-0.25, -0.2) is 8.42 Å². The first kappa shape index (κ1) is 34.9. The number of anilines is 1. The Kier molecular flexibility index (Phi) is 11.9. The molecule has 4 aromatic carbocycles. The first-order valence-corrected chi connectivity index (χ1v) is 18.9. The number of benzene rings is 4. The van der Waals surface area contributed by atoms with Crippen LogP contribution in [0, 0.1) is 6.92 Å². The zero-order valence-electron chi connectivity index (χ0n) is 26.3. The summed E-state index contributed by atoms with van der Waals surface area (Å²) in [6.45, 7) is 1.51. The number of carbonyl (C=O) groups is 2. The fourth-order valence-corrected chi connectivity index (χ4v) is 8.03. The highest BCUT2D eigenvalue weighted by molar-refractivity contribution is 9.10. The molecular formula is C37H39Br2N3O4S. The Labute approximate surface area is 294 Å². The van der Waals surface area contributed by atoms with Crippen molar-refractivity contribution in [2.75, 3.05) is 10.8 Å². The molecule has 0 aliphatic heterocycles. The Morgan fingerprint density at radius 2 is 1.47 bits per heavy atom. The molecule has 4 aromatic rings. The lowest BCUT2D eigenvalue weighted by atomic mass is 9.94. The molecule has 0 spiro atoms. The van der Waals surface area contributed by atoms with Gasteiger partial charge in [-0.2, -0.15) is 0 Å². The SMILES string of the molecule is Cc1ccc(S(=O)(=O)N(CC(=O)N(Cc2cccc(Br)c2)[C@@H](Cc2ccccc2)C(=O)NC2CCCCC2)c2ccc(Br)cc2)cc1. The van der Waals surface area contributed by atoms with Gasteiger partial charge in [0.2, 0.25) is 11.8 Å². The zero-order valence-corrected chi connectivity index (χ0v) is 30.3. The van der Waals surface area contributed by atoms with Crippen molar-refractivity contribution in [3.8, 4) is 0 Å². The van der Waals surface area contributed by atoms with Gasteiger partial charge >= 0.3 is 0 Å². The van der Waals surface area contributed by atoms with E-state index in [1.54, 1.807) is 53.4 Å². The van der Waals surface area contributed by atoms with E-state index in [-0.39, 0.29) is 29.8 Å². The van der Waals surface area contributed by atoms with Gasteiger partial charge in [-0.05, 0) is 79.4 Å². The summed E-state index contributed by atoms with van der Waals surface area (Å²) in [6, 6.07) is 29.8. The molecule has 10 heteroatoms. The second-order valence-corrected chi connectivity index (χ2v) is 15.7. The van der Waals surface area contributed by atoms with Crippen molar-refractivity contribution in [3.05, 3.63) is 129 Å². The number of carbonyl (C=O) groups excluding carboxylic acids is 2. The number of amides is 2. The third-order valence-electron chi connectivity index (χ3n) is 8.47. The molecule has 2 amide bonds. The van der Waals surface area contributed by atoms with Crippen LogP contribution in [-0.4, -0.2) is 43.8 Å². The Balaban J connectivity index is 1.56. The van der Waals surface area contributed by atoms with Gasteiger partial charge in [-0.1, -0.05) is 111 Å². The van der Waals surface area contributed by atoms with Crippen molar-refractivity contribution in [1.82, 2.24) is 10.2 Å². The molecule has 1 aliphatic rings. The minimum atomic E-state index is -4.16. The maximum absolute atomic E-state index is 14.7. The minimum absolute atomic E-state index is 0.0403. The molecule has 246 valence electrons. The molecule has 47 heavy (non-hydrogen) atoms. The third-order valence-corrected chi connectivity index (χ3v) is 11.3. The van der Waals surface area contributed by atoms with Crippen LogP contribution in [-0.2, 0) is 32.6 Å². The van der Waals surface area contributed by atoms with Crippen LogP contribution in [0.25, 0.3) is 0 Å². The van der Waals surface area contributed by atoms with Crippen molar-refractivity contribution in [2.24, 2.45) is 0 Å². The highest BCUT2D eigenvalue weighted by atomic mass is 79.9. The van der Waals surface area contributed by atoms with Crippen LogP contribution < -0.4 is 9.62 Å². The summed E-state index contributed by atoms with van der Waals surface area (Å²) in [5.74, 6) is -0.719. The average Bonchev–Trinajstić information content (AvgIpc) is 3.06. The quantitative estimate of drug-likeness (QED) is 0.159. The summed E-state index contributed by atoms with van der Waals surface area (Å²) in [5, 5.41) is 3.25. The van der Waals surface area contributed by atoms with E-state index >= 15 is 0 Å². The monoisotopic (exact) mass is 779 g/mol. The van der Waals surface area contributed by atoms with E-state index in [0.29, 0.717) is 5.69 Å². The molecule has 1 aliphatic carbocycles. The summed E-state index contributed by atoms with van der Waals surface area (Å²) in [7, 11) is -4.16. The van der Waals surface area contributed by atoms with Gasteiger partial charge in [0.15, 0.2) is 0 Å².